The Morgan fingerprint density at radius 1 is 0.230 bits per heavy atom. The van der Waals surface area contributed by atoms with E-state index in [2.05, 4.69) is 41.5 Å². The van der Waals surface area contributed by atoms with Crippen molar-refractivity contribution in [2.45, 2.75) is 427 Å². The summed E-state index contributed by atoms with van der Waals surface area (Å²) in [5.74, 6) is 0. The van der Waals surface area contributed by atoms with Crippen molar-refractivity contribution in [3.63, 3.8) is 0 Å². The van der Waals surface area contributed by atoms with Crippen LogP contribution in [-0.2, 0) is 32.3 Å². The Balaban J connectivity index is 5.27. The molecule has 0 aliphatic rings. The number of phosphoric acid groups is 1. The summed E-state index contributed by atoms with van der Waals surface area (Å²) in [6.07, 6.45) is 63.2. The fourth-order valence-electron chi connectivity index (χ4n) is 11.0. The van der Waals surface area contributed by atoms with Crippen molar-refractivity contribution < 1.29 is 32.3 Å². The highest BCUT2D eigenvalue weighted by Crippen LogP contribution is 2.53. The zero-order valence-electron chi connectivity index (χ0n) is 51.8. The molecule has 0 N–H and O–H groups in total. The van der Waals surface area contributed by atoms with E-state index in [4.69, 9.17) is 27.8 Å². The zero-order valence-corrected chi connectivity index (χ0v) is 52.7. The van der Waals surface area contributed by atoms with Crippen molar-refractivity contribution in [2.24, 2.45) is 0 Å². The minimum Gasteiger partial charge on any atom is -0.349 e. The molecule has 0 saturated heterocycles. The monoisotopic (exact) mass is 1070 g/mol. The minimum absolute atomic E-state index is 0.0289. The Morgan fingerprint density at radius 2 is 0.392 bits per heavy atom. The lowest BCUT2D eigenvalue weighted by atomic mass is 10.0. The summed E-state index contributed by atoms with van der Waals surface area (Å²) in [5.41, 5.74) is 0. The average molecular weight is 1070 g/mol. The molecule has 0 radical (unpaired) electrons. The molecule has 0 aromatic heterocycles. The molecular formula is C66H135O7P. The van der Waals surface area contributed by atoms with Gasteiger partial charge in [0, 0.05) is 0 Å². The van der Waals surface area contributed by atoms with E-state index in [9.17, 15) is 4.57 Å². The summed E-state index contributed by atoms with van der Waals surface area (Å²) < 4.78 is 53.2. The van der Waals surface area contributed by atoms with Gasteiger partial charge in [0.05, 0.1) is 18.3 Å². The van der Waals surface area contributed by atoms with Crippen molar-refractivity contribution in [2.75, 3.05) is 0 Å². The van der Waals surface area contributed by atoms with Gasteiger partial charge < -0.3 is 14.2 Å². The lowest BCUT2D eigenvalue weighted by Gasteiger charge is -2.31. The van der Waals surface area contributed by atoms with Crippen LogP contribution in [0, 0.1) is 0 Å². The predicted molar refractivity (Wildman–Crippen MR) is 323 cm³/mol. The van der Waals surface area contributed by atoms with Crippen molar-refractivity contribution in [1.29, 1.82) is 0 Å². The standard InChI is InChI=1S/C66H135O7P/c1-10-16-19-22-25-28-31-34-37-40-43-46-49-52-58-64(55-13-4)68-61(7)71-74(67,72-62(8)69-65(56-14-5)59-53-50-47-44-41-38-35-32-29-26-23-20-17-11-2)73-63(9)70-66(57-15-6)60-54-51-48-45-42-39-36-33-30-27-24-21-18-12-3/h61-66H,10-60H2,1-9H3. The Hall–Kier alpha value is -0.0100. The van der Waals surface area contributed by atoms with Gasteiger partial charge in [0.25, 0.3) is 0 Å². The van der Waals surface area contributed by atoms with E-state index in [-0.39, 0.29) is 18.3 Å². The number of hydrogen-bond donors (Lipinski definition) is 0. The highest BCUT2D eigenvalue weighted by molar-refractivity contribution is 7.48. The highest BCUT2D eigenvalue weighted by Gasteiger charge is 2.37. The molecule has 0 aliphatic heterocycles. The first kappa shape index (κ1) is 74.0. The van der Waals surface area contributed by atoms with Crippen LogP contribution in [0.4, 0.5) is 0 Å². The molecule has 0 aromatic rings. The van der Waals surface area contributed by atoms with Crippen LogP contribution in [0.2, 0.25) is 0 Å². The van der Waals surface area contributed by atoms with Gasteiger partial charge in [0.1, 0.15) is 0 Å². The van der Waals surface area contributed by atoms with Crippen molar-refractivity contribution in [1.82, 2.24) is 0 Å². The maximum absolute atomic E-state index is 14.8. The number of hydrogen-bond acceptors (Lipinski definition) is 7. The molecule has 74 heavy (non-hydrogen) atoms. The Labute approximate surface area is 465 Å². The first-order valence-electron chi connectivity index (χ1n) is 33.8. The summed E-state index contributed by atoms with van der Waals surface area (Å²) in [6, 6.07) is 0. The van der Waals surface area contributed by atoms with Crippen LogP contribution in [0.3, 0.4) is 0 Å². The van der Waals surface area contributed by atoms with Gasteiger partial charge in [0.15, 0.2) is 18.9 Å². The van der Waals surface area contributed by atoms with Crippen LogP contribution < -0.4 is 0 Å². The molecule has 0 heterocycles. The summed E-state index contributed by atoms with van der Waals surface area (Å²) in [5, 5.41) is 0. The molecule has 8 heteroatoms. The Kier molecular flexibility index (Phi) is 57.7. The SMILES string of the molecule is CCCCCCCCCCCCCCCCC(CCC)OC(C)OP(=O)(OC(C)OC(CCC)CCCCCCCCCCCCCCCC)OC(C)OC(CCC)CCCCCCCCCCCCCCCC. The van der Waals surface area contributed by atoms with E-state index in [1.807, 2.05) is 20.8 Å². The summed E-state index contributed by atoms with van der Waals surface area (Å²) in [6.45, 7) is 19.0. The van der Waals surface area contributed by atoms with Gasteiger partial charge >= 0.3 is 7.82 Å². The van der Waals surface area contributed by atoms with Crippen LogP contribution in [0.25, 0.3) is 0 Å². The molecule has 0 bridgehead atoms. The van der Waals surface area contributed by atoms with E-state index in [1.54, 1.807) is 0 Å². The van der Waals surface area contributed by atoms with Crippen molar-refractivity contribution in [3.05, 3.63) is 0 Å². The van der Waals surface area contributed by atoms with Crippen LogP contribution in [-0.4, -0.2) is 37.2 Å². The molecule has 0 aliphatic carbocycles. The third-order valence-electron chi connectivity index (χ3n) is 15.5. The molecule has 0 saturated carbocycles. The van der Waals surface area contributed by atoms with E-state index >= 15 is 0 Å². The number of phosphoric ester groups is 1. The maximum Gasteiger partial charge on any atom is 0.481 e. The number of ether oxygens (including phenoxy) is 3. The van der Waals surface area contributed by atoms with E-state index in [0.717, 1.165) is 77.0 Å². The fraction of sp³-hybridized carbons (Fsp3) is 1.00. The summed E-state index contributed by atoms with van der Waals surface area (Å²) in [4.78, 5) is 0. The smallest absolute Gasteiger partial charge is 0.349 e. The quantitative estimate of drug-likeness (QED) is 0.0341. The molecule has 446 valence electrons. The fourth-order valence-corrected chi connectivity index (χ4v) is 12.4. The topological polar surface area (TPSA) is 72.5 Å². The van der Waals surface area contributed by atoms with Crippen molar-refractivity contribution >= 4 is 7.82 Å². The van der Waals surface area contributed by atoms with Crippen LogP contribution in [0.15, 0.2) is 0 Å². The maximum atomic E-state index is 14.8. The zero-order chi connectivity index (χ0) is 54.3. The molecular weight excluding hydrogens is 936 g/mol. The van der Waals surface area contributed by atoms with Crippen LogP contribution in [0.5, 0.6) is 0 Å². The lowest BCUT2D eigenvalue weighted by molar-refractivity contribution is -0.178. The Bertz CT molecular complexity index is 991. The lowest BCUT2D eigenvalue weighted by Crippen LogP contribution is -2.28. The molecule has 0 fully saturated rings. The van der Waals surface area contributed by atoms with Crippen molar-refractivity contribution in [3.8, 4) is 0 Å². The van der Waals surface area contributed by atoms with Gasteiger partial charge in [-0.05, 0) is 59.3 Å². The van der Waals surface area contributed by atoms with Crippen LogP contribution >= 0.6 is 7.82 Å². The minimum atomic E-state index is -4.17. The predicted octanol–water partition coefficient (Wildman–Crippen LogP) is 24.4. The third-order valence-corrected chi connectivity index (χ3v) is 17.1. The second-order valence-corrected chi connectivity index (χ2v) is 24.8. The van der Waals surface area contributed by atoms with Gasteiger partial charge in [-0.25, -0.2) is 4.57 Å². The number of unbranched alkanes of at least 4 members (excludes halogenated alkanes) is 39. The normalized spacial score (nSPS) is 15.3. The Morgan fingerprint density at radius 3 is 0.554 bits per heavy atom. The second kappa shape index (κ2) is 57.7. The van der Waals surface area contributed by atoms with E-state index in [0.29, 0.717) is 0 Å². The molecule has 6 atom stereocenters. The second-order valence-electron chi connectivity index (χ2n) is 23.3. The highest BCUT2D eigenvalue weighted by atomic mass is 31.2. The third kappa shape index (κ3) is 51.4. The van der Waals surface area contributed by atoms with Gasteiger partial charge in [-0.3, -0.25) is 13.6 Å². The number of rotatable bonds is 63. The molecule has 0 rings (SSSR count). The summed E-state index contributed by atoms with van der Waals surface area (Å²) >= 11 is 0. The first-order valence-corrected chi connectivity index (χ1v) is 35.2. The van der Waals surface area contributed by atoms with Gasteiger partial charge in [0.2, 0.25) is 0 Å². The van der Waals surface area contributed by atoms with E-state index in [1.165, 1.54) is 250 Å². The molecule has 6 unspecified atom stereocenters. The molecule has 0 aromatic carbocycles. The van der Waals surface area contributed by atoms with Gasteiger partial charge in [-0.15, -0.1) is 0 Å². The molecule has 0 spiro atoms. The van der Waals surface area contributed by atoms with Gasteiger partial charge in [-0.1, -0.05) is 330 Å². The van der Waals surface area contributed by atoms with Crippen LogP contribution in [0.1, 0.15) is 390 Å². The average Bonchev–Trinajstić information content (AvgIpc) is 3.36. The van der Waals surface area contributed by atoms with E-state index < -0.39 is 26.7 Å². The molecule has 0 amide bonds. The first-order chi connectivity index (χ1) is 36.2. The molecule has 7 nitrogen and oxygen atoms in total. The summed E-state index contributed by atoms with van der Waals surface area (Å²) in [7, 11) is -4.17. The largest absolute Gasteiger partial charge is 0.481 e. The van der Waals surface area contributed by atoms with Gasteiger partial charge in [-0.2, -0.15) is 0 Å².